The zero-order chi connectivity index (χ0) is 23.2. The predicted molar refractivity (Wildman–Crippen MR) is 119 cm³/mol. The van der Waals surface area contributed by atoms with Gasteiger partial charge in [0.05, 0.1) is 37.6 Å². The highest BCUT2D eigenvalue weighted by atomic mass is 19.1. The first kappa shape index (κ1) is 22.3. The maximum absolute atomic E-state index is 13.4. The Morgan fingerprint density at radius 2 is 2.03 bits per heavy atom. The summed E-state index contributed by atoms with van der Waals surface area (Å²) < 4.78 is 18.8. The molecule has 0 aromatic carbocycles. The summed E-state index contributed by atoms with van der Waals surface area (Å²) in [5, 5.41) is 15.8. The lowest BCUT2D eigenvalue weighted by Crippen LogP contribution is -2.37. The van der Waals surface area contributed by atoms with Gasteiger partial charge in [-0.15, -0.1) is 0 Å². The van der Waals surface area contributed by atoms with Crippen molar-refractivity contribution in [3.8, 4) is 0 Å². The van der Waals surface area contributed by atoms with Crippen molar-refractivity contribution in [2.45, 2.75) is 19.4 Å². The molecule has 0 aliphatic carbocycles. The molecule has 1 atom stereocenters. The summed E-state index contributed by atoms with van der Waals surface area (Å²) in [5.41, 5.74) is 1.36. The fourth-order valence-electron chi connectivity index (χ4n) is 3.25. The van der Waals surface area contributed by atoms with E-state index in [0.717, 1.165) is 11.9 Å². The van der Waals surface area contributed by atoms with Gasteiger partial charge in [0.15, 0.2) is 5.82 Å². The van der Waals surface area contributed by atoms with Crippen molar-refractivity contribution >= 4 is 29.6 Å². The summed E-state index contributed by atoms with van der Waals surface area (Å²) in [6, 6.07) is 4.04. The van der Waals surface area contributed by atoms with Crippen LogP contribution in [0.3, 0.4) is 0 Å². The normalized spacial score (nSPS) is 14.6. The standard InChI is InChI=1S/C20H25FN10O2/c1-12-9-16(30-29-12)25-19-26-18(27-20(28-19)31-5-7-33-8-6-31)24-15(10-17(32)22-2)14-4-3-13(21)11-23-14/h3-4,9,11,15H,5-8,10H2,1-2H3,(H,22,32)(H3,24,25,26,27,28,29,30). The quantitative estimate of drug-likeness (QED) is 0.391. The van der Waals surface area contributed by atoms with E-state index in [9.17, 15) is 9.18 Å². The van der Waals surface area contributed by atoms with Crippen LogP contribution >= 0.6 is 0 Å². The summed E-state index contributed by atoms with van der Waals surface area (Å²) >= 11 is 0. The Bertz CT molecular complexity index is 1080. The smallest absolute Gasteiger partial charge is 0.235 e. The van der Waals surface area contributed by atoms with Crippen molar-refractivity contribution in [1.82, 2.24) is 35.5 Å². The monoisotopic (exact) mass is 456 g/mol. The van der Waals surface area contributed by atoms with Gasteiger partial charge in [-0.3, -0.25) is 14.9 Å². The second-order valence-electron chi connectivity index (χ2n) is 7.42. The number of anilines is 4. The Morgan fingerprint density at radius 3 is 2.70 bits per heavy atom. The van der Waals surface area contributed by atoms with Gasteiger partial charge in [-0.1, -0.05) is 0 Å². The van der Waals surface area contributed by atoms with Crippen LogP contribution in [-0.4, -0.2) is 69.4 Å². The van der Waals surface area contributed by atoms with Crippen LogP contribution in [0.4, 0.5) is 28.1 Å². The lowest BCUT2D eigenvalue weighted by atomic mass is 10.1. The van der Waals surface area contributed by atoms with E-state index in [4.69, 9.17) is 4.74 Å². The number of nitrogens with zero attached hydrogens (tertiary/aromatic N) is 6. The van der Waals surface area contributed by atoms with Crippen LogP contribution in [0.25, 0.3) is 0 Å². The molecule has 0 radical (unpaired) electrons. The molecule has 1 aliphatic rings. The third-order valence-corrected chi connectivity index (χ3v) is 4.94. The zero-order valence-corrected chi connectivity index (χ0v) is 18.3. The topological polar surface area (TPSA) is 146 Å². The third-order valence-electron chi connectivity index (χ3n) is 4.94. The first-order valence-corrected chi connectivity index (χ1v) is 10.5. The van der Waals surface area contributed by atoms with Crippen molar-refractivity contribution < 1.29 is 13.9 Å². The fourth-order valence-corrected chi connectivity index (χ4v) is 3.25. The van der Waals surface area contributed by atoms with Crippen LogP contribution in [0.5, 0.6) is 0 Å². The van der Waals surface area contributed by atoms with E-state index >= 15 is 0 Å². The molecule has 1 unspecified atom stereocenters. The minimum Gasteiger partial charge on any atom is -0.378 e. The number of ether oxygens (including phenoxy) is 1. The van der Waals surface area contributed by atoms with Crippen LogP contribution in [0, 0.1) is 12.7 Å². The number of aromatic amines is 1. The molecular weight excluding hydrogens is 431 g/mol. The molecule has 12 nitrogen and oxygen atoms in total. The van der Waals surface area contributed by atoms with E-state index in [2.05, 4.69) is 46.1 Å². The number of rotatable bonds is 8. The minimum absolute atomic E-state index is 0.0506. The van der Waals surface area contributed by atoms with E-state index in [1.807, 2.05) is 17.9 Å². The molecule has 3 aromatic rings. The lowest BCUT2D eigenvalue weighted by Gasteiger charge is -2.27. The Kier molecular flexibility index (Phi) is 6.88. The molecule has 0 saturated carbocycles. The number of hydrogen-bond donors (Lipinski definition) is 4. The summed E-state index contributed by atoms with van der Waals surface area (Å²) in [7, 11) is 1.55. The molecule has 33 heavy (non-hydrogen) atoms. The maximum Gasteiger partial charge on any atom is 0.235 e. The number of nitrogens with one attached hydrogen (secondary N) is 4. The number of H-pyrrole nitrogens is 1. The Balaban J connectivity index is 1.65. The highest BCUT2D eigenvalue weighted by Gasteiger charge is 2.21. The van der Waals surface area contributed by atoms with Crippen LogP contribution in [0.1, 0.15) is 23.9 Å². The summed E-state index contributed by atoms with van der Waals surface area (Å²) in [4.78, 5) is 31.8. The summed E-state index contributed by atoms with van der Waals surface area (Å²) in [5.74, 6) is 0.850. The number of carbonyl (C=O) groups is 1. The molecule has 1 aliphatic heterocycles. The van der Waals surface area contributed by atoms with Crippen molar-refractivity contribution in [2.24, 2.45) is 0 Å². The first-order valence-electron chi connectivity index (χ1n) is 10.5. The number of aromatic nitrogens is 6. The van der Waals surface area contributed by atoms with Gasteiger partial charge in [0.1, 0.15) is 5.82 Å². The molecular formula is C20H25FN10O2. The molecule has 1 amide bonds. The molecule has 4 N–H and O–H groups in total. The summed E-state index contributed by atoms with van der Waals surface area (Å²) in [6.45, 7) is 4.27. The SMILES string of the molecule is CNC(=O)CC(Nc1nc(Nc2cc(C)[nH]n2)nc(N2CCOCC2)n1)c1ccc(F)cn1. The van der Waals surface area contributed by atoms with E-state index in [0.29, 0.717) is 43.8 Å². The van der Waals surface area contributed by atoms with Gasteiger partial charge >= 0.3 is 0 Å². The number of pyridine rings is 1. The van der Waals surface area contributed by atoms with Gasteiger partial charge in [0, 0.05) is 31.9 Å². The third kappa shape index (κ3) is 5.88. The molecule has 13 heteroatoms. The molecule has 4 heterocycles. The number of morpholine rings is 1. The number of aryl methyl sites for hydroxylation is 1. The lowest BCUT2D eigenvalue weighted by molar-refractivity contribution is -0.120. The highest BCUT2D eigenvalue weighted by molar-refractivity contribution is 5.76. The molecule has 1 fully saturated rings. The molecule has 0 bridgehead atoms. The van der Waals surface area contributed by atoms with E-state index in [1.54, 1.807) is 7.05 Å². The van der Waals surface area contributed by atoms with E-state index < -0.39 is 11.9 Å². The molecule has 174 valence electrons. The zero-order valence-electron chi connectivity index (χ0n) is 18.3. The molecule has 4 rings (SSSR count). The van der Waals surface area contributed by atoms with Crippen LogP contribution in [0.15, 0.2) is 24.4 Å². The van der Waals surface area contributed by atoms with Crippen LogP contribution < -0.4 is 20.9 Å². The van der Waals surface area contributed by atoms with Crippen molar-refractivity contribution in [2.75, 3.05) is 48.9 Å². The van der Waals surface area contributed by atoms with Gasteiger partial charge in [0.25, 0.3) is 0 Å². The number of amides is 1. The van der Waals surface area contributed by atoms with Crippen LogP contribution in [-0.2, 0) is 9.53 Å². The van der Waals surface area contributed by atoms with Gasteiger partial charge in [-0.2, -0.15) is 20.1 Å². The second kappa shape index (κ2) is 10.2. The Morgan fingerprint density at radius 1 is 1.24 bits per heavy atom. The average Bonchev–Trinajstić information content (AvgIpc) is 3.23. The van der Waals surface area contributed by atoms with E-state index in [-0.39, 0.29) is 24.2 Å². The second-order valence-corrected chi connectivity index (χ2v) is 7.42. The van der Waals surface area contributed by atoms with Gasteiger partial charge in [-0.25, -0.2) is 4.39 Å². The Labute approximate surface area is 189 Å². The van der Waals surface area contributed by atoms with Crippen molar-refractivity contribution in [3.63, 3.8) is 0 Å². The minimum atomic E-state index is -0.592. The average molecular weight is 456 g/mol. The maximum atomic E-state index is 13.4. The molecule has 0 spiro atoms. The number of hydrogen-bond acceptors (Lipinski definition) is 10. The van der Waals surface area contributed by atoms with Crippen LogP contribution in [0.2, 0.25) is 0 Å². The number of halogens is 1. The van der Waals surface area contributed by atoms with Crippen molar-refractivity contribution in [3.05, 3.63) is 41.6 Å². The highest BCUT2D eigenvalue weighted by Crippen LogP contribution is 2.23. The summed E-state index contributed by atoms with van der Waals surface area (Å²) in [6.07, 6.45) is 1.16. The van der Waals surface area contributed by atoms with E-state index in [1.165, 1.54) is 12.1 Å². The molecule has 1 saturated heterocycles. The van der Waals surface area contributed by atoms with Gasteiger partial charge < -0.3 is 25.6 Å². The largest absolute Gasteiger partial charge is 0.378 e. The molecule has 3 aromatic heterocycles. The predicted octanol–water partition coefficient (Wildman–Crippen LogP) is 1.31. The van der Waals surface area contributed by atoms with Gasteiger partial charge in [-0.05, 0) is 19.1 Å². The van der Waals surface area contributed by atoms with Crippen molar-refractivity contribution in [1.29, 1.82) is 0 Å². The van der Waals surface area contributed by atoms with Gasteiger partial charge in [0.2, 0.25) is 23.8 Å². The Hall–Kier alpha value is -3.87. The number of carbonyl (C=O) groups excluding carboxylic acids is 1. The first-order chi connectivity index (χ1) is 16.0. The fraction of sp³-hybridized carbons (Fsp3) is 0.400.